The third-order valence-corrected chi connectivity index (χ3v) is 3.77. The topological polar surface area (TPSA) is 43.3 Å². The van der Waals surface area contributed by atoms with Crippen LogP contribution in [0.3, 0.4) is 0 Å². The molecule has 0 saturated heterocycles. The molecule has 120 valence electrons. The van der Waals surface area contributed by atoms with Crippen molar-refractivity contribution >= 4 is 11.5 Å². The predicted octanol–water partition coefficient (Wildman–Crippen LogP) is 3.64. The SMILES string of the molecule is COc1ccc(C2=NOC(C)(C)N2c2ccccc2)c(OC)c1. The van der Waals surface area contributed by atoms with Gasteiger partial charge in [0.1, 0.15) is 11.5 Å². The molecular weight excluding hydrogens is 292 g/mol. The van der Waals surface area contributed by atoms with E-state index in [1.807, 2.05) is 62.4 Å². The van der Waals surface area contributed by atoms with Crippen LogP contribution in [-0.4, -0.2) is 25.8 Å². The maximum Gasteiger partial charge on any atom is 0.209 e. The van der Waals surface area contributed by atoms with Crippen LogP contribution in [0.4, 0.5) is 5.69 Å². The number of methoxy groups -OCH3 is 2. The smallest absolute Gasteiger partial charge is 0.209 e. The van der Waals surface area contributed by atoms with Gasteiger partial charge in [0.15, 0.2) is 5.84 Å². The summed E-state index contributed by atoms with van der Waals surface area (Å²) in [4.78, 5) is 7.71. The molecule has 5 nitrogen and oxygen atoms in total. The van der Waals surface area contributed by atoms with Crippen molar-refractivity contribution < 1.29 is 14.3 Å². The zero-order valence-corrected chi connectivity index (χ0v) is 13.7. The van der Waals surface area contributed by atoms with Crippen LogP contribution in [0.1, 0.15) is 19.4 Å². The van der Waals surface area contributed by atoms with Crippen LogP contribution < -0.4 is 14.4 Å². The van der Waals surface area contributed by atoms with Gasteiger partial charge in [0.2, 0.25) is 5.72 Å². The van der Waals surface area contributed by atoms with E-state index in [1.165, 1.54) is 0 Å². The van der Waals surface area contributed by atoms with Crippen LogP contribution in [0.2, 0.25) is 0 Å². The Bertz CT molecular complexity index is 726. The van der Waals surface area contributed by atoms with Crippen LogP contribution in [0.25, 0.3) is 0 Å². The van der Waals surface area contributed by atoms with Crippen molar-refractivity contribution in [2.24, 2.45) is 5.16 Å². The molecule has 0 aliphatic carbocycles. The van der Waals surface area contributed by atoms with Crippen LogP contribution >= 0.6 is 0 Å². The van der Waals surface area contributed by atoms with Crippen LogP contribution in [0, 0.1) is 0 Å². The molecule has 0 fully saturated rings. The first-order valence-corrected chi connectivity index (χ1v) is 7.40. The van der Waals surface area contributed by atoms with Crippen LogP contribution in [-0.2, 0) is 4.84 Å². The molecule has 2 aromatic carbocycles. The maximum atomic E-state index is 5.66. The lowest BCUT2D eigenvalue weighted by Gasteiger charge is -2.31. The highest BCUT2D eigenvalue weighted by Gasteiger charge is 2.40. The second-order valence-corrected chi connectivity index (χ2v) is 5.69. The summed E-state index contributed by atoms with van der Waals surface area (Å²) in [7, 11) is 3.26. The maximum absolute atomic E-state index is 5.66. The minimum Gasteiger partial charge on any atom is -0.497 e. The fourth-order valence-corrected chi connectivity index (χ4v) is 2.65. The van der Waals surface area contributed by atoms with Gasteiger partial charge in [-0.05, 0) is 38.1 Å². The molecule has 5 heteroatoms. The van der Waals surface area contributed by atoms with Gasteiger partial charge >= 0.3 is 0 Å². The number of anilines is 1. The summed E-state index contributed by atoms with van der Waals surface area (Å²) < 4.78 is 10.8. The number of oxime groups is 1. The van der Waals surface area contributed by atoms with Gasteiger partial charge in [-0.15, -0.1) is 0 Å². The monoisotopic (exact) mass is 312 g/mol. The normalized spacial score (nSPS) is 15.8. The first-order valence-electron chi connectivity index (χ1n) is 7.40. The van der Waals surface area contributed by atoms with Crippen molar-refractivity contribution in [2.75, 3.05) is 19.1 Å². The van der Waals surface area contributed by atoms with Crippen molar-refractivity contribution in [3.8, 4) is 11.5 Å². The molecule has 0 aromatic heterocycles. The summed E-state index contributed by atoms with van der Waals surface area (Å²) in [6.07, 6.45) is 0. The molecule has 2 aromatic rings. The predicted molar refractivity (Wildman–Crippen MR) is 90.2 cm³/mol. The van der Waals surface area contributed by atoms with Gasteiger partial charge in [-0.2, -0.15) is 0 Å². The highest BCUT2D eigenvalue weighted by molar-refractivity contribution is 6.12. The average molecular weight is 312 g/mol. The molecule has 0 unspecified atom stereocenters. The van der Waals surface area contributed by atoms with E-state index in [0.29, 0.717) is 11.6 Å². The molecule has 0 spiro atoms. The summed E-state index contributed by atoms with van der Waals surface area (Å²) in [5.41, 5.74) is 1.27. The highest BCUT2D eigenvalue weighted by atomic mass is 16.7. The van der Waals surface area contributed by atoms with Crippen LogP contribution in [0.15, 0.2) is 53.7 Å². The molecule has 0 N–H and O–H groups in total. The lowest BCUT2D eigenvalue weighted by atomic mass is 10.1. The number of hydrogen-bond acceptors (Lipinski definition) is 5. The van der Waals surface area contributed by atoms with Gasteiger partial charge in [-0.3, -0.25) is 4.90 Å². The van der Waals surface area contributed by atoms with Crippen molar-refractivity contribution in [3.63, 3.8) is 0 Å². The minimum absolute atomic E-state index is 0.582. The van der Waals surface area contributed by atoms with Crippen LogP contribution in [0.5, 0.6) is 11.5 Å². The third kappa shape index (κ3) is 2.70. The molecule has 1 aliphatic heterocycles. The number of nitrogens with zero attached hydrogens (tertiary/aromatic N) is 2. The molecular formula is C18H20N2O3. The fraction of sp³-hybridized carbons (Fsp3) is 0.278. The highest BCUT2D eigenvalue weighted by Crippen LogP contribution is 2.36. The molecule has 1 aliphatic rings. The largest absolute Gasteiger partial charge is 0.497 e. The summed E-state index contributed by atoms with van der Waals surface area (Å²) >= 11 is 0. The molecule has 0 atom stereocenters. The zero-order valence-electron chi connectivity index (χ0n) is 13.7. The second-order valence-electron chi connectivity index (χ2n) is 5.69. The number of para-hydroxylation sites is 1. The quantitative estimate of drug-likeness (QED) is 0.864. The Hall–Kier alpha value is -2.69. The standard InChI is InChI=1S/C18H20N2O3/c1-18(2)20(13-8-6-5-7-9-13)17(19-23-18)15-11-10-14(21-3)12-16(15)22-4/h5-12H,1-4H3. The first-order chi connectivity index (χ1) is 11.1. The number of rotatable bonds is 4. The molecule has 0 bridgehead atoms. The number of hydrogen-bond donors (Lipinski definition) is 0. The lowest BCUT2D eigenvalue weighted by molar-refractivity contribution is 0.0138. The number of benzene rings is 2. The summed E-state index contributed by atoms with van der Waals surface area (Å²) in [5, 5.41) is 4.30. The van der Waals surface area contributed by atoms with Gasteiger partial charge in [-0.1, -0.05) is 23.4 Å². The van der Waals surface area contributed by atoms with Crippen molar-refractivity contribution in [2.45, 2.75) is 19.6 Å². The van der Waals surface area contributed by atoms with E-state index in [1.54, 1.807) is 14.2 Å². The van der Waals surface area contributed by atoms with Crippen molar-refractivity contribution in [1.29, 1.82) is 0 Å². The van der Waals surface area contributed by atoms with Gasteiger partial charge in [0, 0.05) is 11.8 Å². The van der Waals surface area contributed by atoms with E-state index >= 15 is 0 Å². The molecule has 1 heterocycles. The Kier molecular flexibility index (Phi) is 3.86. The zero-order chi connectivity index (χ0) is 16.4. The fourth-order valence-electron chi connectivity index (χ4n) is 2.65. The minimum atomic E-state index is -0.582. The van der Waals surface area contributed by atoms with E-state index in [-0.39, 0.29) is 0 Å². The first kappa shape index (κ1) is 15.2. The van der Waals surface area contributed by atoms with E-state index < -0.39 is 5.72 Å². The molecule has 23 heavy (non-hydrogen) atoms. The number of amidine groups is 1. The van der Waals surface area contributed by atoms with E-state index in [4.69, 9.17) is 14.3 Å². The van der Waals surface area contributed by atoms with Gasteiger partial charge in [0.05, 0.1) is 19.8 Å². The summed E-state index contributed by atoms with van der Waals surface area (Å²) in [5.74, 6) is 2.13. The molecule has 3 rings (SSSR count). The Morgan fingerprint density at radius 2 is 1.74 bits per heavy atom. The average Bonchev–Trinajstić information content (AvgIpc) is 2.90. The Morgan fingerprint density at radius 1 is 1.00 bits per heavy atom. The summed E-state index contributed by atoms with van der Waals surface area (Å²) in [6.45, 7) is 3.96. The Morgan fingerprint density at radius 3 is 2.39 bits per heavy atom. The van der Waals surface area contributed by atoms with E-state index in [9.17, 15) is 0 Å². The Labute approximate surface area is 136 Å². The van der Waals surface area contributed by atoms with Gasteiger partial charge in [0.25, 0.3) is 0 Å². The third-order valence-electron chi connectivity index (χ3n) is 3.77. The Balaban J connectivity index is 2.08. The lowest BCUT2D eigenvalue weighted by Crippen LogP contribution is -2.44. The van der Waals surface area contributed by atoms with Gasteiger partial charge in [-0.25, -0.2) is 0 Å². The van der Waals surface area contributed by atoms with E-state index in [0.717, 1.165) is 17.0 Å². The van der Waals surface area contributed by atoms with Gasteiger partial charge < -0.3 is 14.3 Å². The second kappa shape index (κ2) is 5.83. The molecule has 0 amide bonds. The summed E-state index contributed by atoms with van der Waals surface area (Å²) in [6, 6.07) is 15.7. The van der Waals surface area contributed by atoms with Crippen molar-refractivity contribution in [3.05, 3.63) is 54.1 Å². The molecule has 0 saturated carbocycles. The van der Waals surface area contributed by atoms with E-state index in [2.05, 4.69) is 10.1 Å². The molecule has 0 radical (unpaired) electrons. The van der Waals surface area contributed by atoms with Crippen molar-refractivity contribution in [1.82, 2.24) is 0 Å². The number of ether oxygens (including phenoxy) is 2.